The molecule has 78 valence electrons. The monoisotopic (exact) mass is 208 g/mol. The molecule has 0 aromatic carbocycles. The third-order valence-corrected chi connectivity index (χ3v) is 1.84. The van der Waals surface area contributed by atoms with E-state index in [-0.39, 0.29) is 18.0 Å². The van der Waals surface area contributed by atoms with Gasteiger partial charge in [0.05, 0.1) is 19.0 Å². The first-order chi connectivity index (χ1) is 7.24. The normalized spacial score (nSPS) is 10.5. The van der Waals surface area contributed by atoms with Crippen molar-refractivity contribution in [3.63, 3.8) is 0 Å². The second kappa shape index (κ2) is 3.56. The number of rotatable bonds is 2. The van der Waals surface area contributed by atoms with Crippen LogP contribution in [0.1, 0.15) is 17.3 Å². The lowest BCUT2D eigenvalue weighted by molar-refractivity contribution is 0.0523. The molecule has 0 aliphatic rings. The van der Waals surface area contributed by atoms with E-state index in [0.29, 0.717) is 0 Å². The molecule has 0 amide bonds. The van der Waals surface area contributed by atoms with E-state index in [4.69, 9.17) is 9.15 Å². The molecule has 0 fully saturated rings. The summed E-state index contributed by atoms with van der Waals surface area (Å²) in [6.45, 7) is 1.88. The van der Waals surface area contributed by atoms with Crippen LogP contribution in [0.25, 0.3) is 5.84 Å². The molecule has 0 spiro atoms. The average molecular weight is 208 g/mol. The first-order valence-electron chi connectivity index (χ1n) is 4.36. The molecular weight excluding hydrogens is 200 g/mol. The maximum absolute atomic E-state index is 11.7. The Kier molecular flexibility index (Phi) is 2.24. The number of carbonyl (C=O) groups excluding carboxylic acids is 1. The summed E-state index contributed by atoms with van der Waals surface area (Å²) in [5.74, 6) is -0.529. The Morgan fingerprint density at radius 1 is 1.67 bits per heavy atom. The lowest BCUT2D eigenvalue weighted by Crippen LogP contribution is -2.23. The summed E-state index contributed by atoms with van der Waals surface area (Å²) in [5, 5.41) is 0. The topological polar surface area (TPSA) is 73.8 Å². The Labute approximate surface area is 84.1 Å². The zero-order valence-corrected chi connectivity index (χ0v) is 7.97. The van der Waals surface area contributed by atoms with Crippen LogP contribution >= 0.6 is 0 Å². The van der Waals surface area contributed by atoms with Crippen molar-refractivity contribution in [2.24, 2.45) is 0 Å². The van der Waals surface area contributed by atoms with Gasteiger partial charge in [-0.1, -0.05) is 0 Å². The van der Waals surface area contributed by atoms with E-state index in [0.717, 1.165) is 10.6 Å². The Morgan fingerprint density at radius 2 is 2.47 bits per heavy atom. The summed E-state index contributed by atoms with van der Waals surface area (Å²) in [5.41, 5.74) is -0.594. The van der Waals surface area contributed by atoms with Gasteiger partial charge in [-0.25, -0.2) is 14.2 Å². The van der Waals surface area contributed by atoms with Gasteiger partial charge in [-0.15, -0.1) is 0 Å². The number of hydrogen-bond donors (Lipinski definition) is 0. The second-order valence-electron chi connectivity index (χ2n) is 2.75. The van der Waals surface area contributed by atoms with Gasteiger partial charge in [-0.2, -0.15) is 0 Å². The summed E-state index contributed by atoms with van der Waals surface area (Å²) in [6, 6.07) is 0. The van der Waals surface area contributed by atoms with Gasteiger partial charge in [0, 0.05) is 0 Å². The molecule has 6 heteroatoms. The van der Waals surface area contributed by atoms with Gasteiger partial charge in [-0.05, 0) is 6.92 Å². The zero-order valence-electron chi connectivity index (χ0n) is 7.97. The van der Waals surface area contributed by atoms with Crippen molar-refractivity contribution in [1.82, 2.24) is 9.38 Å². The molecular formula is C9H8N2O4. The van der Waals surface area contributed by atoms with Crippen molar-refractivity contribution in [1.29, 1.82) is 0 Å². The molecule has 0 aliphatic carbocycles. The third kappa shape index (κ3) is 1.50. The highest BCUT2D eigenvalue weighted by Gasteiger charge is 2.14. The van der Waals surface area contributed by atoms with Crippen LogP contribution in [0.3, 0.4) is 0 Å². The van der Waals surface area contributed by atoms with E-state index in [1.54, 1.807) is 6.92 Å². The third-order valence-electron chi connectivity index (χ3n) is 1.84. The summed E-state index contributed by atoms with van der Waals surface area (Å²) < 4.78 is 10.7. The smallest absolute Gasteiger partial charge is 0.345 e. The summed E-state index contributed by atoms with van der Waals surface area (Å²) in [7, 11) is 0. The first-order valence-corrected chi connectivity index (χ1v) is 4.36. The molecule has 0 aliphatic heterocycles. The Balaban J connectivity index is 2.57. The molecule has 2 aromatic heterocycles. The zero-order chi connectivity index (χ0) is 10.8. The van der Waals surface area contributed by atoms with E-state index in [9.17, 15) is 9.59 Å². The van der Waals surface area contributed by atoms with Crippen molar-refractivity contribution in [2.45, 2.75) is 6.92 Å². The quantitative estimate of drug-likeness (QED) is 0.670. The fraction of sp³-hybridized carbons (Fsp3) is 0.222. The lowest BCUT2D eigenvalue weighted by Gasteiger charge is -1.99. The average Bonchev–Trinajstić information content (AvgIpc) is 2.67. The van der Waals surface area contributed by atoms with Gasteiger partial charge in [0.25, 0.3) is 5.56 Å². The fourth-order valence-corrected chi connectivity index (χ4v) is 1.17. The molecule has 0 radical (unpaired) electrons. The van der Waals surface area contributed by atoms with Crippen LogP contribution in [0.5, 0.6) is 0 Å². The Hall–Kier alpha value is -2.11. The van der Waals surface area contributed by atoms with Crippen LogP contribution in [0.2, 0.25) is 0 Å². The number of fused-ring (bicyclic) bond motifs is 1. The molecule has 2 rings (SSSR count). The number of hydrogen-bond acceptors (Lipinski definition) is 5. The van der Waals surface area contributed by atoms with Crippen LogP contribution in [-0.2, 0) is 4.74 Å². The largest absolute Gasteiger partial charge is 0.462 e. The summed E-state index contributed by atoms with van der Waals surface area (Å²) in [4.78, 5) is 26.8. The van der Waals surface area contributed by atoms with Gasteiger partial charge in [0.1, 0.15) is 11.8 Å². The number of carbonyl (C=O) groups is 1. The van der Waals surface area contributed by atoms with Crippen LogP contribution < -0.4 is 5.56 Å². The van der Waals surface area contributed by atoms with Gasteiger partial charge >= 0.3 is 11.8 Å². The van der Waals surface area contributed by atoms with E-state index in [2.05, 4.69) is 4.98 Å². The number of nitrogens with zero attached hydrogens (tertiary/aromatic N) is 2. The van der Waals surface area contributed by atoms with Gasteiger partial charge < -0.3 is 9.15 Å². The molecule has 2 aromatic rings. The Bertz CT molecular complexity index is 554. The van der Waals surface area contributed by atoms with Crippen LogP contribution in [0.15, 0.2) is 27.9 Å². The van der Waals surface area contributed by atoms with E-state index < -0.39 is 11.5 Å². The van der Waals surface area contributed by atoms with Crippen LogP contribution in [-0.4, -0.2) is 22.0 Å². The molecule has 15 heavy (non-hydrogen) atoms. The highest BCUT2D eigenvalue weighted by atomic mass is 16.5. The standard InChI is InChI=1S/C9H8N2O4/c1-2-14-8(13)6-5-10-9-11(7(6)12)3-4-15-9/h3-5H,2H2,1H3. The van der Waals surface area contributed by atoms with Crippen molar-refractivity contribution >= 4 is 11.8 Å². The van der Waals surface area contributed by atoms with E-state index >= 15 is 0 Å². The molecule has 0 N–H and O–H groups in total. The fourth-order valence-electron chi connectivity index (χ4n) is 1.17. The molecule has 0 unspecified atom stereocenters. The van der Waals surface area contributed by atoms with Crippen LogP contribution in [0, 0.1) is 0 Å². The summed E-state index contributed by atoms with van der Waals surface area (Å²) >= 11 is 0. The highest BCUT2D eigenvalue weighted by molar-refractivity contribution is 5.88. The van der Waals surface area contributed by atoms with Crippen LogP contribution in [0.4, 0.5) is 0 Å². The minimum atomic E-state index is -0.675. The number of esters is 1. The predicted molar refractivity (Wildman–Crippen MR) is 49.7 cm³/mol. The first kappa shape index (κ1) is 9.45. The van der Waals surface area contributed by atoms with Crippen molar-refractivity contribution < 1.29 is 13.9 Å². The number of oxazole rings is 1. The lowest BCUT2D eigenvalue weighted by atomic mass is 10.3. The Morgan fingerprint density at radius 3 is 3.20 bits per heavy atom. The van der Waals surface area contributed by atoms with E-state index in [1.807, 2.05) is 0 Å². The van der Waals surface area contributed by atoms with Crippen molar-refractivity contribution in [3.8, 4) is 0 Å². The number of ether oxygens (including phenoxy) is 1. The molecule has 0 saturated heterocycles. The SMILES string of the molecule is CCOC(=O)c1cnc2occn2c1=O. The maximum atomic E-state index is 11.7. The molecule has 0 atom stereocenters. The minimum Gasteiger partial charge on any atom is -0.462 e. The van der Waals surface area contributed by atoms with Crippen molar-refractivity contribution in [2.75, 3.05) is 6.61 Å². The maximum Gasteiger partial charge on any atom is 0.345 e. The molecule has 2 heterocycles. The van der Waals surface area contributed by atoms with Gasteiger partial charge in [-0.3, -0.25) is 4.79 Å². The number of aromatic nitrogens is 2. The molecule has 6 nitrogen and oxygen atoms in total. The van der Waals surface area contributed by atoms with E-state index in [1.165, 1.54) is 12.5 Å². The minimum absolute atomic E-state index is 0.101. The highest BCUT2D eigenvalue weighted by Crippen LogP contribution is 1.99. The van der Waals surface area contributed by atoms with Gasteiger partial charge in [0.2, 0.25) is 0 Å². The molecule has 0 saturated carbocycles. The van der Waals surface area contributed by atoms with Gasteiger partial charge in [0.15, 0.2) is 0 Å². The predicted octanol–water partition coefficient (Wildman–Crippen LogP) is 0.464. The summed E-state index contributed by atoms with van der Waals surface area (Å²) in [6.07, 6.45) is 3.87. The second-order valence-corrected chi connectivity index (χ2v) is 2.75. The van der Waals surface area contributed by atoms with Crippen molar-refractivity contribution in [3.05, 3.63) is 34.6 Å². The molecule has 0 bridgehead atoms.